The molecule has 0 bridgehead atoms. The van der Waals surface area contributed by atoms with Crippen molar-refractivity contribution in [2.75, 3.05) is 4.90 Å². The molecule has 0 radical (unpaired) electrons. The van der Waals surface area contributed by atoms with E-state index in [4.69, 9.17) is 4.98 Å². The average Bonchev–Trinajstić information content (AvgIpc) is 3.77. The second kappa shape index (κ2) is 12.9. The van der Waals surface area contributed by atoms with Gasteiger partial charge in [-0.05, 0) is 106 Å². The lowest BCUT2D eigenvalue weighted by Crippen LogP contribution is -2.09. The molecule has 53 heavy (non-hydrogen) atoms. The predicted molar refractivity (Wildman–Crippen MR) is 221 cm³/mol. The third-order valence-electron chi connectivity index (χ3n) is 10.1. The van der Waals surface area contributed by atoms with Crippen LogP contribution in [0.3, 0.4) is 0 Å². The number of benzene rings is 8. The molecule has 0 aliphatic carbocycles. The van der Waals surface area contributed by atoms with E-state index in [9.17, 15) is 0 Å². The van der Waals surface area contributed by atoms with Gasteiger partial charge in [-0.1, -0.05) is 133 Å². The fourth-order valence-corrected chi connectivity index (χ4v) is 7.53. The minimum absolute atomic E-state index is 0.911. The van der Waals surface area contributed by atoms with E-state index in [1.54, 1.807) is 0 Å². The number of imidazole rings is 2. The Bertz CT molecular complexity index is 2840. The average molecular weight is 679 g/mol. The highest BCUT2D eigenvalue weighted by molar-refractivity contribution is 5.94. The van der Waals surface area contributed by atoms with Gasteiger partial charge in [0.15, 0.2) is 0 Å². The van der Waals surface area contributed by atoms with Crippen LogP contribution in [-0.2, 0) is 0 Å². The molecule has 0 amide bonds. The molecule has 2 aromatic heterocycles. The second-order valence-electron chi connectivity index (χ2n) is 13.3. The SMILES string of the molecule is c1ccc(-c2ccc(-c3ccc(N(c4ccccc4)c4ccc(-c5ccc6c(c5)n5c7ccccc7nc5n6-c5ccccc5)cc4)cc3)cc2)cc1. The third kappa shape index (κ3) is 5.45. The lowest BCUT2D eigenvalue weighted by Gasteiger charge is -2.26. The Morgan fingerprint density at radius 2 is 0.792 bits per heavy atom. The maximum Gasteiger partial charge on any atom is 0.220 e. The molecule has 0 saturated carbocycles. The van der Waals surface area contributed by atoms with Gasteiger partial charge in [-0.2, -0.15) is 0 Å². The summed E-state index contributed by atoms with van der Waals surface area (Å²) in [5.74, 6) is 0.911. The van der Waals surface area contributed by atoms with Crippen molar-refractivity contribution in [2.45, 2.75) is 0 Å². The van der Waals surface area contributed by atoms with Crippen LogP contribution in [0.1, 0.15) is 0 Å². The molecule has 0 atom stereocenters. The molecule has 0 fully saturated rings. The molecular weight excluding hydrogens is 645 g/mol. The fourth-order valence-electron chi connectivity index (χ4n) is 7.53. The van der Waals surface area contributed by atoms with Gasteiger partial charge in [-0.25, -0.2) is 4.98 Å². The first-order valence-corrected chi connectivity index (χ1v) is 18.0. The Hall–Kier alpha value is -7.17. The summed E-state index contributed by atoms with van der Waals surface area (Å²) in [7, 11) is 0. The van der Waals surface area contributed by atoms with E-state index < -0.39 is 0 Å². The fraction of sp³-hybridized carbons (Fsp3) is 0. The van der Waals surface area contributed by atoms with E-state index in [0.29, 0.717) is 0 Å². The van der Waals surface area contributed by atoms with Crippen LogP contribution in [0.4, 0.5) is 17.1 Å². The molecule has 4 heteroatoms. The van der Waals surface area contributed by atoms with Crippen LogP contribution in [-0.4, -0.2) is 14.0 Å². The number of aromatic nitrogens is 3. The van der Waals surface area contributed by atoms with Crippen LogP contribution in [0.15, 0.2) is 206 Å². The molecule has 0 aliphatic heterocycles. The van der Waals surface area contributed by atoms with Gasteiger partial charge in [0.05, 0.1) is 22.1 Å². The molecule has 4 nitrogen and oxygen atoms in total. The smallest absolute Gasteiger partial charge is 0.220 e. The van der Waals surface area contributed by atoms with E-state index in [1.807, 2.05) is 0 Å². The largest absolute Gasteiger partial charge is 0.311 e. The van der Waals surface area contributed by atoms with Gasteiger partial charge in [0, 0.05) is 22.7 Å². The summed E-state index contributed by atoms with van der Waals surface area (Å²) in [6, 6.07) is 73.3. The van der Waals surface area contributed by atoms with Gasteiger partial charge in [-0.3, -0.25) is 8.97 Å². The van der Waals surface area contributed by atoms with Crippen molar-refractivity contribution in [3.63, 3.8) is 0 Å². The van der Waals surface area contributed by atoms with Crippen LogP contribution in [0, 0.1) is 0 Å². The third-order valence-corrected chi connectivity index (χ3v) is 10.1. The van der Waals surface area contributed by atoms with Crippen molar-refractivity contribution >= 4 is 44.9 Å². The minimum atomic E-state index is 0.911. The van der Waals surface area contributed by atoms with Crippen molar-refractivity contribution in [3.05, 3.63) is 206 Å². The van der Waals surface area contributed by atoms with E-state index in [0.717, 1.165) is 61.7 Å². The Labute approximate surface area is 308 Å². The van der Waals surface area contributed by atoms with Crippen molar-refractivity contribution in [2.24, 2.45) is 0 Å². The lowest BCUT2D eigenvalue weighted by molar-refractivity contribution is 1.11. The number of hydrogen-bond acceptors (Lipinski definition) is 2. The maximum absolute atomic E-state index is 5.08. The Morgan fingerprint density at radius 3 is 1.42 bits per heavy atom. The molecule has 0 unspecified atom stereocenters. The number of hydrogen-bond donors (Lipinski definition) is 0. The van der Waals surface area contributed by atoms with Crippen LogP contribution in [0.2, 0.25) is 0 Å². The number of fused-ring (bicyclic) bond motifs is 5. The Balaban J connectivity index is 1.00. The normalized spacial score (nSPS) is 11.4. The molecule has 10 aromatic rings. The minimum Gasteiger partial charge on any atom is -0.311 e. The summed E-state index contributed by atoms with van der Waals surface area (Å²) in [6.45, 7) is 0. The molecule has 0 aliphatic rings. The zero-order valence-electron chi connectivity index (χ0n) is 28.9. The number of nitrogens with zero attached hydrogens (tertiary/aromatic N) is 4. The number of para-hydroxylation sites is 4. The first kappa shape index (κ1) is 30.6. The van der Waals surface area contributed by atoms with E-state index >= 15 is 0 Å². The van der Waals surface area contributed by atoms with Gasteiger partial charge >= 0.3 is 0 Å². The van der Waals surface area contributed by atoms with Crippen molar-refractivity contribution in [1.29, 1.82) is 0 Å². The second-order valence-corrected chi connectivity index (χ2v) is 13.3. The first-order valence-electron chi connectivity index (χ1n) is 18.0. The van der Waals surface area contributed by atoms with Gasteiger partial charge in [-0.15, -0.1) is 0 Å². The van der Waals surface area contributed by atoms with Crippen molar-refractivity contribution in [1.82, 2.24) is 14.0 Å². The summed E-state index contributed by atoms with van der Waals surface area (Å²) in [6.07, 6.45) is 0. The quantitative estimate of drug-likeness (QED) is 0.168. The zero-order valence-corrected chi connectivity index (χ0v) is 28.9. The summed E-state index contributed by atoms with van der Waals surface area (Å²) in [4.78, 5) is 7.39. The number of anilines is 3. The summed E-state index contributed by atoms with van der Waals surface area (Å²) < 4.78 is 4.54. The molecule has 0 saturated heterocycles. The van der Waals surface area contributed by atoms with Crippen LogP contribution < -0.4 is 4.90 Å². The highest BCUT2D eigenvalue weighted by atomic mass is 15.2. The van der Waals surface area contributed by atoms with Crippen LogP contribution >= 0.6 is 0 Å². The zero-order chi connectivity index (χ0) is 35.1. The van der Waals surface area contributed by atoms with Gasteiger partial charge < -0.3 is 4.90 Å². The molecule has 8 aromatic carbocycles. The first-order chi connectivity index (χ1) is 26.3. The van der Waals surface area contributed by atoms with Gasteiger partial charge in [0.2, 0.25) is 5.78 Å². The van der Waals surface area contributed by atoms with Gasteiger partial charge in [0.1, 0.15) is 0 Å². The van der Waals surface area contributed by atoms with E-state index in [-0.39, 0.29) is 0 Å². The number of rotatable bonds is 7. The van der Waals surface area contributed by atoms with Crippen molar-refractivity contribution in [3.8, 4) is 39.1 Å². The summed E-state index contributed by atoms with van der Waals surface area (Å²) in [5.41, 5.74) is 15.9. The van der Waals surface area contributed by atoms with Crippen LogP contribution in [0.5, 0.6) is 0 Å². The standard InChI is InChI=1S/C49H34N4/c1-4-12-35(13-5-1)36-20-22-37(23-21-36)38-24-29-43(30-25-38)51(41-14-6-2-7-15-41)44-31-26-39(27-32-44)40-28-33-47-48(34-40)53-46-19-11-10-18-45(46)50-49(53)52(47)42-16-8-3-9-17-42/h1-34H. The Kier molecular flexibility index (Phi) is 7.43. The topological polar surface area (TPSA) is 25.5 Å². The summed E-state index contributed by atoms with van der Waals surface area (Å²) in [5, 5.41) is 0. The molecule has 0 spiro atoms. The van der Waals surface area contributed by atoms with Crippen LogP contribution in [0.25, 0.3) is 66.9 Å². The molecule has 0 N–H and O–H groups in total. The summed E-state index contributed by atoms with van der Waals surface area (Å²) >= 11 is 0. The highest BCUT2D eigenvalue weighted by Gasteiger charge is 2.18. The van der Waals surface area contributed by atoms with E-state index in [1.165, 1.54) is 22.3 Å². The van der Waals surface area contributed by atoms with Crippen molar-refractivity contribution < 1.29 is 0 Å². The maximum atomic E-state index is 5.08. The Morgan fingerprint density at radius 1 is 0.340 bits per heavy atom. The molecular formula is C49H34N4. The lowest BCUT2D eigenvalue weighted by atomic mass is 10.00. The molecule has 10 rings (SSSR count). The van der Waals surface area contributed by atoms with E-state index in [2.05, 4.69) is 220 Å². The molecule has 250 valence electrons. The highest BCUT2D eigenvalue weighted by Crippen LogP contribution is 2.38. The van der Waals surface area contributed by atoms with Gasteiger partial charge in [0.25, 0.3) is 0 Å². The molecule has 2 heterocycles. The monoisotopic (exact) mass is 678 g/mol. The predicted octanol–water partition coefficient (Wildman–Crippen LogP) is 12.9.